The Labute approximate surface area is 179 Å². The van der Waals surface area contributed by atoms with E-state index >= 15 is 0 Å². The lowest BCUT2D eigenvalue weighted by atomic mass is 9.77. The number of nitrogens with zero attached hydrogens (tertiary/aromatic N) is 1. The SMILES string of the molecule is CC[C@@H](c1ccc(OC)cc1)N1CCC2(CCC3(CC2)OCC(C)(C)CO3)OC1=O. The van der Waals surface area contributed by atoms with Gasteiger partial charge in [-0.15, -0.1) is 0 Å². The van der Waals surface area contributed by atoms with E-state index in [4.69, 9.17) is 18.9 Å². The Bertz CT molecular complexity index is 739. The molecule has 2 spiro atoms. The summed E-state index contributed by atoms with van der Waals surface area (Å²) < 4.78 is 23.7. The fraction of sp³-hybridized carbons (Fsp3) is 0.708. The normalized spacial score (nSPS) is 25.7. The van der Waals surface area contributed by atoms with Crippen LogP contribution in [0.1, 0.15) is 70.9 Å². The quantitative estimate of drug-likeness (QED) is 0.684. The van der Waals surface area contributed by atoms with E-state index in [0.717, 1.165) is 49.8 Å². The van der Waals surface area contributed by atoms with Crippen LogP contribution in [0.25, 0.3) is 0 Å². The summed E-state index contributed by atoms with van der Waals surface area (Å²) in [4.78, 5) is 14.9. The van der Waals surface area contributed by atoms with Crippen molar-refractivity contribution >= 4 is 6.09 Å². The number of carbonyl (C=O) groups is 1. The summed E-state index contributed by atoms with van der Waals surface area (Å²) in [6, 6.07) is 7.98. The fourth-order valence-corrected chi connectivity index (χ4v) is 4.92. The van der Waals surface area contributed by atoms with E-state index in [1.54, 1.807) is 7.11 Å². The van der Waals surface area contributed by atoms with E-state index in [-0.39, 0.29) is 23.2 Å². The minimum atomic E-state index is -0.487. The van der Waals surface area contributed by atoms with E-state index in [1.165, 1.54) is 0 Å². The van der Waals surface area contributed by atoms with Crippen molar-refractivity contribution in [2.45, 2.75) is 76.7 Å². The Morgan fingerprint density at radius 3 is 2.20 bits per heavy atom. The van der Waals surface area contributed by atoms with Crippen molar-refractivity contribution in [2.24, 2.45) is 5.41 Å². The maximum absolute atomic E-state index is 13.0. The topological polar surface area (TPSA) is 57.2 Å². The second-order valence-electron chi connectivity index (χ2n) is 9.84. The lowest BCUT2D eigenvalue weighted by molar-refractivity contribution is -0.320. The lowest BCUT2D eigenvalue weighted by Crippen LogP contribution is -2.57. The molecule has 2 saturated heterocycles. The van der Waals surface area contributed by atoms with Crippen LogP contribution in [-0.4, -0.2) is 49.2 Å². The maximum Gasteiger partial charge on any atom is 0.410 e. The van der Waals surface area contributed by atoms with Gasteiger partial charge in [-0.25, -0.2) is 4.79 Å². The van der Waals surface area contributed by atoms with Crippen LogP contribution < -0.4 is 4.74 Å². The second-order valence-corrected chi connectivity index (χ2v) is 9.84. The number of hydrogen-bond acceptors (Lipinski definition) is 5. The van der Waals surface area contributed by atoms with Gasteiger partial charge in [-0.2, -0.15) is 0 Å². The van der Waals surface area contributed by atoms with Crippen LogP contribution in [0.4, 0.5) is 4.79 Å². The zero-order valence-corrected chi connectivity index (χ0v) is 18.7. The Balaban J connectivity index is 1.39. The number of ether oxygens (including phenoxy) is 4. The third-order valence-electron chi connectivity index (χ3n) is 6.99. The van der Waals surface area contributed by atoms with Gasteiger partial charge in [-0.05, 0) is 37.0 Å². The predicted molar refractivity (Wildman–Crippen MR) is 113 cm³/mol. The molecule has 6 nitrogen and oxygen atoms in total. The molecule has 2 aliphatic heterocycles. The van der Waals surface area contributed by atoms with Gasteiger partial charge in [0.05, 0.1) is 26.4 Å². The Kier molecular flexibility index (Phi) is 5.75. The molecule has 0 N–H and O–H groups in total. The number of benzene rings is 1. The zero-order valence-electron chi connectivity index (χ0n) is 18.7. The number of methoxy groups -OCH3 is 1. The highest BCUT2D eigenvalue weighted by molar-refractivity contribution is 5.70. The fourth-order valence-electron chi connectivity index (χ4n) is 4.92. The number of hydrogen-bond donors (Lipinski definition) is 0. The highest BCUT2D eigenvalue weighted by Crippen LogP contribution is 2.47. The van der Waals surface area contributed by atoms with Crippen molar-refractivity contribution in [3.63, 3.8) is 0 Å². The van der Waals surface area contributed by atoms with Crippen molar-refractivity contribution in [3.05, 3.63) is 29.8 Å². The predicted octanol–water partition coefficient (Wildman–Crippen LogP) is 5.07. The molecular formula is C24H35NO5. The molecule has 2 heterocycles. The summed E-state index contributed by atoms with van der Waals surface area (Å²) in [5.74, 6) is 0.333. The number of carbonyl (C=O) groups excluding carboxylic acids is 1. The Morgan fingerprint density at radius 2 is 1.67 bits per heavy atom. The maximum atomic E-state index is 13.0. The van der Waals surface area contributed by atoms with E-state index in [0.29, 0.717) is 19.8 Å². The van der Waals surface area contributed by atoms with Gasteiger partial charge in [0.1, 0.15) is 11.4 Å². The third kappa shape index (κ3) is 4.17. The first-order valence-corrected chi connectivity index (χ1v) is 11.2. The lowest BCUT2D eigenvalue weighted by Gasteiger charge is -2.51. The van der Waals surface area contributed by atoms with Gasteiger partial charge in [-0.3, -0.25) is 0 Å². The summed E-state index contributed by atoms with van der Waals surface area (Å²) >= 11 is 0. The molecule has 0 unspecified atom stereocenters. The molecular weight excluding hydrogens is 382 g/mol. The van der Waals surface area contributed by atoms with E-state index in [2.05, 4.69) is 20.8 Å². The molecule has 3 aliphatic rings. The second kappa shape index (κ2) is 8.04. The average molecular weight is 418 g/mol. The minimum Gasteiger partial charge on any atom is -0.497 e. The average Bonchev–Trinajstić information content (AvgIpc) is 2.75. The van der Waals surface area contributed by atoms with E-state index < -0.39 is 5.79 Å². The molecule has 3 fully saturated rings. The van der Waals surface area contributed by atoms with Gasteiger partial charge in [0, 0.05) is 31.2 Å². The monoisotopic (exact) mass is 417 g/mol. The smallest absolute Gasteiger partial charge is 0.410 e. The molecule has 6 heteroatoms. The van der Waals surface area contributed by atoms with Gasteiger partial charge in [-0.1, -0.05) is 32.9 Å². The van der Waals surface area contributed by atoms with Crippen molar-refractivity contribution < 1.29 is 23.7 Å². The minimum absolute atomic E-state index is 0.0166. The summed E-state index contributed by atoms with van der Waals surface area (Å²) in [5, 5.41) is 0. The molecule has 30 heavy (non-hydrogen) atoms. The van der Waals surface area contributed by atoms with Crippen LogP contribution in [0.15, 0.2) is 24.3 Å². The highest BCUT2D eigenvalue weighted by atomic mass is 16.7. The van der Waals surface area contributed by atoms with E-state index in [1.807, 2.05) is 29.2 Å². The van der Waals surface area contributed by atoms with Gasteiger partial charge in [0.25, 0.3) is 0 Å². The molecule has 0 aromatic heterocycles. The first kappa shape index (κ1) is 21.4. The van der Waals surface area contributed by atoms with Gasteiger partial charge >= 0.3 is 6.09 Å². The molecule has 1 saturated carbocycles. The van der Waals surface area contributed by atoms with Crippen LogP contribution >= 0.6 is 0 Å². The Morgan fingerprint density at radius 1 is 1.03 bits per heavy atom. The summed E-state index contributed by atoms with van der Waals surface area (Å²) in [7, 11) is 1.66. The van der Waals surface area contributed by atoms with Crippen LogP contribution in [0.5, 0.6) is 5.75 Å². The van der Waals surface area contributed by atoms with Crippen LogP contribution in [0.3, 0.4) is 0 Å². The van der Waals surface area contributed by atoms with Gasteiger partial charge < -0.3 is 23.8 Å². The van der Waals surface area contributed by atoms with Crippen molar-refractivity contribution in [1.29, 1.82) is 0 Å². The van der Waals surface area contributed by atoms with Crippen molar-refractivity contribution in [2.75, 3.05) is 26.9 Å². The molecule has 166 valence electrons. The molecule has 4 rings (SSSR count). The van der Waals surface area contributed by atoms with Crippen LogP contribution in [0.2, 0.25) is 0 Å². The number of amides is 1. The zero-order chi connectivity index (χ0) is 21.4. The summed E-state index contributed by atoms with van der Waals surface area (Å²) in [6.45, 7) is 8.58. The van der Waals surface area contributed by atoms with Crippen LogP contribution in [0, 0.1) is 5.41 Å². The first-order valence-electron chi connectivity index (χ1n) is 11.2. The van der Waals surface area contributed by atoms with Crippen molar-refractivity contribution in [1.82, 2.24) is 4.90 Å². The van der Waals surface area contributed by atoms with Crippen molar-refractivity contribution in [3.8, 4) is 5.75 Å². The molecule has 0 radical (unpaired) electrons. The molecule has 1 amide bonds. The summed E-state index contributed by atoms with van der Waals surface area (Å²) in [5.41, 5.74) is 0.798. The third-order valence-corrected chi connectivity index (χ3v) is 6.99. The highest BCUT2D eigenvalue weighted by Gasteiger charge is 2.51. The molecule has 0 bridgehead atoms. The largest absolute Gasteiger partial charge is 0.497 e. The standard InChI is InChI=1S/C24H35NO5/c1-5-20(18-6-8-19(27-4)9-7-18)25-15-14-23(30-21(25)26)10-12-24(13-11-23)28-16-22(2,3)17-29-24/h6-9,20H,5,10-17H2,1-4H3/t20-/m0/s1. The van der Waals surface area contributed by atoms with E-state index in [9.17, 15) is 4.79 Å². The number of rotatable bonds is 4. The molecule has 1 aromatic rings. The van der Waals surface area contributed by atoms with Gasteiger partial charge in [0.2, 0.25) is 0 Å². The first-order chi connectivity index (χ1) is 14.3. The summed E-state index contributed by atoms with van der Waals surface area (Å²) in [6.07, 6.45) is 4.66. The van der Waals surface area contributed by atoms with Gasteiger partial charge in [0.15, 0.2) is 5.79 Å². The molecule has 1 atom stereocenters. The molecule has 1 aromatic carbocycles. The van der Waals surface area contributed by atoms with Crippen LogP contribution in [-0.2, 0) is 14.2 Å². The molecule has 1 aliphatic carbocycles. The Hall–Kier alpha value is -1.79.